The average molecular weight is 455 g/mol. The van der Waals surface area contributed by atoms with E-state index >= 15 is 0 Å². The molecule has 0 bridgehead atoms. The second-order valence-corrected chi connectivity index (χ2v) is 7.84. The number of methoxy groups -OCH3 is 1. The predicted octanol–water partition coefficient (Wildman–Crippen LogP) is 4.68. The highest BCUT2D eigenvalue weighted by atomic mass is 35.5. The van der Waals surface area contributed by atoms with Crippen LogP contribution in [0.25, 0.3) is 11.4 Å². The molecule has 0 unspecified atom stereocenters. The van der Waals surface area contributed by atoms with Crippen LogP contribution in [0.4, 0.5) is 4.39 Å². The number of hydrogen-bond donors (Lipinski definition) is 1. The van der Waals surface area contributed by atoms with Gasteiger partial charge in [-0.15, -0.1) is 5.10 Å². The van der Waals surface area contributed by atoms with Crippen molar-refractivity contribution in [3.05, 3.63) is 57.8 Å². The quantitative estimate of drug-likeness (QED) is 0.524. The van der Waals surface area contributed by atoms with Crippen molar-refractivity contribution in [2.24, 2.45) is 0 Å². The first-order valence-electron chi connectivity index (χ1n) is 8.45. The van der Waals surface area contributed by atoms with Crippen molar-refractivity contribution < 1.29 is 13.9 Å². The monoisotopic (exact) mass is 454 g/mol. The summed E-state index contributed by atoms with van der Waals surface area (Å²) in [4.78, 5) is 18.2. The van der Waals surface area contributed by atoms with Crippen molar-refractivity contribution in [3.63, 3.8) is 0 Å². The van der Waals surface area contributed by atoms with Gasteiger partial charge in [0.2, 0.25) is 11.1 Å². The van der Waals surface area contributed by atoms with E-state index in [-0.39, 0.29) is 28.8 Å². The molecule has 1 aromatic heterocycles. The first kappa shape index (κ1) is 21.4. The number of carbonyl (C=O) groups excluding carboxylic acids is 1. The number of aromatic nitrogens is 3. The first-order valence-corrected chi connectivity index (χ1v) is 10.2. The second-order valence-electron chi connectivity index (χ2n) is 6.05. The van der Waals surface area contributed by atoms with Crippen LogP contribution < -0.4 is 4.74 Å². The molecule has 0 saturated carbocycles. The molecule has 152 valence electrons. The number of ether oxygens (including phenoxy) is 1. The summed E-state index contributed by atoms with van der Waals surface area (Å²) in [6, 6.07) is 9.59. The molecule has 0 atom stereocenters. The lowest BCUT2D eigenvalue weighted by Gasteiger charge is -2.18. The first-order chi connectivity index (χ1) is 13.9. The van der Waals surface area contributed by atoms with Gasteiger partial charge in [-0.05, 0) is 30.3 Å². The number of amides is 1. The van der Waals surface area contributed by atoms with Crippen LogP contribution in [0.2, 0.25) is 10.0 Å². The molecule has 2 aromatic carbocycles. The van der Waals surface area contributed by atoms with E-state index in [2.05, 4.69) is 15.2 Å². The molecule has 0 aliphatic heterocycles. The van der Waals surface area contributed by atoms with Gasteiger partial charge in [-0.1, -0.05) is 41.0 Å². The Hall–Kier alpha value is -2.29. The summed E-state index contributed by atoms with van der Waals surface area (Å²) in [5, 5.41) is 8.15. The van der Waals surface area contributed by atoms with Gasteiger partial charge in [0.1, 0.15) is 11.6 Å². The molecule has 0 saturated heterocycles. The van der Waals surface area contributed by atoms with Gasteiger partial charge in [-0.25, -0.2) is 9.37 Å². The molecular weight excluding hydrogens is 438 g/mol. The average Bonchev–Trinajstić information content (AvgIpc) is 3.17. The molecule has 0 aliphatic carbocycles. The predicted molar refractivity (Wildman–Crippen MR) is 112 cm³/mol. The number of rotatable bonds is 7. The molecule has 1 N–H and O–H groups in total. The zero-order valence-electron chi connectivity index (χ0n) is 15.6. The molecule has 6 nitrogen and oxygen atoms in total. The van der Waals surface area contributed by atoms with Crippen LogP contribution in [0, 0.1) is 5.82 Å². The lowest BCUT2D eigenvalue weighted by atomic mass is 10.2. The van der Waals surface area contributed by atoms with Crippen LogP contribution in [0.15, 0.2) is 41.6 Å². The summed E-state index contributed by atoms with van der Waals surface area (Å²) in [5.41, 5.74) is 0.945. The number of aromatic amines is 1. The molecule has 0 spiro atoms. The van der Waals surface area contributed by atoms with Crippen molar-refractivity contribution in [1.82, 2.24) is 20.1 Å². The van der Waals surface area contributed by atoms with Gasteiger partial charge in [-0.3, -0.25) is 9.89 Å². The molecule has 10 heteroatoms. The molecular formula is C19H17Cl2FN4O2S. The van der Waals surface area contributed by atoms with Gasteiger partial charge in [0, 0.05) is 29.2 Å². The summed E-state index contributed by atoms with van der Waals surface area (Å²) in [6.07, 6.45) is 0. The van der Waals surface area contributed by atoms with Crippen molar-refractivity contribution in [2.45, 2.75) is 11.7 Å². The Morgan fingerprint density at radius 2 is 2.10 bits per heavy atom. The Bertz CT molecular complexity index is 1010. The third-order valence-electron chi connectivity index (χ3n) is 4.09. The van der Waals surface area contributed by atoms with E-state index in [1.807, 2.05) is 0 Å². The maximum Gasteiger partial charge on any atom is 0.233 e. The van der Waals surface area contributed by atoms with Gasteiger partial charge >= 0.3 is 0 Å². The van der Waals surface area contributed by atoms with Crippen LogP contribution in [0.5, 0.6) is 5.75 Å². The zero-order valence-corrected chi connectivity index (χ0v) is 17.9. The number of benzene rings is 2. The maximum atomic E-state index is 13.9. The largest absolute Gasteiger partial charge is 0.496 e. The number of H-pyrrole nitrogens is 1. The standard InChI is InChI=1S/C19H17Cl2FN4O2S/c1-26(9-13-14(21)4-3-5-15(13)22)17(27)10-29-19-23-18(24-25-19)12-8-11(20)6-7-16(12)28-2/h3-8H,9-10H2,1-2H3,(H,23,24,25). The van der Waals surface area contributed by atoms with Crippen molar-refractivity contribution >= 4 is 40.9 Å². The molecule has 29 heavy (non-hydrogen) atoms. The summed E-state index contributed by atoms with van der Waals surface area (Å²) in [5.74, 6) is 0.511. The summed E-state index contributed by atoms with van der Waals surface area (Å²) >= 11 is 13.2. The van der Waals surface area contributed by atoms with Gasteiger partial charge < -0.3 is 9.64 Å². The zero-order chi connectivity index (χ0) is 21.0. The van der Waals surface area contributed by atoms with E-state index < -0.39 is 5.82 Å². The normalized spacial score (nSPS) is 10.8. The summed E-state index contributed by atoms with van der Waals surface area (Å²) in [7, 11) is 3.14. The van der Waals surface area contributed by atoms with Gasteiger partial charge in [0.05, 0.1) is 18.4 Å². The maximum absolute atomic E-state index is 13.9. The van der Waals surface area contributed by atoms with Crippen LogP contribution in [-0.4, -0.2) is 45.9 Å². The van der Waals surface area contributed by atoms with Crippen molar-refractivity contribution in [3.8, 4) is 17.1 Å². The van der Waals surface area contributed by atoms with Crippen molar-refractivity contribution in [2.75, 3.05) is 19.9 Å². The van der Waals surface area contributed by atoms with E-state index in [0.717, 1.165) is 11.8 Å². The molecule has 3 rings (SSSR count). The fraction of sp³-hybridized carbons (Fsp3) is 0.211. The number of carbonyl (C=O) groups is 1. The van der Waals surface area contributed by atoms with Crippen molar-refractivity contribution in [1.29, 1.82) is 0 Å². The van der Waals surface area contributed by atoms with Crippen LogP contribution >= 0.6 is 35.0 Å². The van der Waals surface area contributed by atoms with Crippen LogP contribution in [0.1, 0.15) is 5.56 Å². The second kappa shape index (κ2) is 9.47. The minimum absolute atomic E-state index is 0.0733. The number of halogens is 3. The molecule has 1 heterocycles. The third kappa shape index (κ3) is 5.20. The van der Waals surface area contributed by atoms with Crippen LogP contribution in [0.3, 0.4) is 0 Å². The number of hydrogen-bond acceptors (Lipinski definition) is 5. The van der Waals surface area contributed by atoms with E-state index in [4.69, 9.17) is 27.9 Å². The highest BCUT2D eigenvalue weighted by Crippen LogP contribution is 2.31. The number of nitrogens with one attached hydrogen (secondary N) is 1. The van der Waals surface area contributed by atoms with Gasteiger partial charge in [0.15, 0.2) is 5.82 Å². The Morgan fingerprint density at radius 1 is 1.31 bits per heavy atom. The number of thioether (sulfide) groups is 1. The Kier molecular flexibility index (Phi) is 7.00. The smallest absolute Gasteiger partial charge is 0.233 e. The summed E-state index contributed by atoms with van der Waals surface area (Å²) in [6.45, 7) is 0.0733. The van der Waals surface area contributed by atoms with Crippen LogP contribution in [-0.2, 0) is 11.3 Å². The fourth-order valence-corrected chi connectivity index (χ4v) is 3.68. The molecule has 0 fully saturated rings. The van der Waals surface area contributed by atoms with E-state index in [1.54, 1.807) is 38.4 Å². The lowest BCUT2D eigenvalue weighted by Crippen LogP contribution is -2.28. The number of nitrogens with zero attached hydrogens (tertiary/aromatic N) is 3. The fourth-order valence-electron chi connectivity index (χ4n) is 2.54. The molecule has 1 amide bonds. The topological polar surface area (TPSA) is 71.1 Å². The Labute approximate surface area is 181 Å². The highest BCUT2D eigenvalue weighted by Gasteiger charge is 2.17. The minimum Gasteiger partial charge on any atom is -0.496 e. The Morgan fingerprint density at radius 3 is 2.83 bits per heavy atom. The lowest BCUT2D eigenvalue weighted by molar-refractivity contribution is -0.127. The summed E-state index contributed by atoms with van der Waals surface area (Å²) < 4.78 is 19.2. The third-order valence-corrected chi connectivity index (χ3v) is 5.51. The Balaban J connectivity index is 1.64. The van der Waals surface area contributed by atoms with E-state index in [0.29, 0.717) is 27.3 Å². The minimum atomic E-state index is -0.445. The molecule has 0 radical (unpaired) electrons. The van der Waals surface area contributed by atoms with Gasteiger partial charge in [-0.2, -0.15) is 0 Å². The van der Waals surface area contributed by atoms with Gasteiger partial charge in [0.25, 0.3) is 0 Å². The highest BCUT2D eigenvalue weighted by molar-refractivity contribution is 7.99. The molecule has 0 aliphatic rings. The van der Waals surface area contributed by atoms with E-state index in [1.165, 1.54) is 17.0 Å². The SMILES string of the molecule is COc1ccc(Cl)cc1-c1nc(SCC(=O)N(C)Cc2c(F)cccc2Cl)n[nH]1. The van der Waals surface area contributed by atoms with E-state index in [9.17, 15) is 9.18 Å². The molecule has 3 aromatic rings.